The van der Waals surface area contributed by atoms with E-state index in [2.05, 4.69) is 19.2 Å². The summed E-state index contributed by atoms with van der Waals surface area (Å²) in [5, 5.41) is 23.1. The third kappa shape index (κ3) is 52.1. The van der Waals surface area contributed by atoms with E-state index in [-0.39, 0.29) is 18.5 Å². The molecule has 0 aromatic carbocycles. The van der Waals surface area contributed by atoms with Gasteiger partial charge in [-0.25, -0.2) is 0 Å². The van der Waals surface area contributed by atoms with Crippen molar-refractivity contribution in [3.8, 4) is 0 Å². The molecule has 0 aromatic heterocycles. The van der Waals surface area contributed by atoms with Gasteiger partial charge in [-0.3, -0.25) is 9.59 Å². The van der Waals surface area contributed by atoms with Crippen molar-refractivity contribution in [1.82, 2.24) is 5.32 Å². The zero-order chi connectivity index (χ0) is 47.2. The predicted molar refractivity (Wildman–Crippen MR) is 283 cm³/mol. The number of aliphatic hydroxyl groups is 2. The molecule has 388 valence electrons. The average molecular weight is 921 g/mol. The molecule has 2 unspecified atom stereocenters. The number of carbonyl (C=O) groups is 2. The number of rotatable bonds is 56. The number of unbranched alkanes of at least 4 members (excludes halogenated alkanes) is 45. The minimum atomic E-state index is -0.661. The Labute approximate surface area is 406 Å². The monoisotopic (exact) mass is 920 g/mol. The van der Waals surface area contributed by atoms with Crippen molar-refractivity contribution >= 4 is 11.9 Å². The fourth-order valence-electron chi connectivity index (χ4n) is 9.58. The Morgan fingerprint density at radius 2 is 0.631 bits per heavy atom. The molecule has 2 atom stereocenters. The van der Waals surface area contributed by atoms with Gasteiger partial charge in [-0.05, 0) is 25.7 Å². The van der Waals surface area contributed by atoms with E-state index < -0.39 is 12.1 Å². The summed E-state index contributed by atoms with van der Waals surface area (Å²) in [4.78, 5) is 24.5. The van der Waals surface area contributed by atoms with Crippen LogP contribution in [0.25, 0.3) is 0 Å². The lowest BCUT2D eigenvalue weighted by molar-refractivity contribution is -0.143. The molecule has 0 bridgehead atoms. The minimum Gasteiger partial charge on any atom is -0.466 e. The van der Waals surface area contributed by atoms with Gasteiger partial charge in [-0.15, -0.1) is 0 Å². The summed E-state index contributed by atoms with van der Waals surface area (Å²) in [6, 6.07) is -0.538. The van der Waals surface area contributed by atoms with Gasteiger partial charge in [0.15, 0.2) is 0 Å². The van der Waals surface area contributed by atoms with Crippen molar-refractivity contribution in [3.05, 3.63) is 0 Å². The number of hydrogen-bond acceptors (Lipinski definition) is 5. The highest BCUT2D eigenvalue weighted by Crippen LogP contribution is 2.18. The number of hydrogen-bond donors (Lipinski definition) is 3. The molecule has 0 aliphatic carbocycles. The van der Waals surface area contributed by atoms with Crippen LogP contribution in [-0.2, 0) is 14.3 Å². The van der Waals surface area contributed by atoms with E-state index in [1.165, 1.54) is 270 Å². The molecule has 3 N–H and O–H groups in total. The number of esters is 1. The summed E-state index contributed by atoms with van der Waals surface area (Å²) in [5.41, 5.74) is 0. The molecule has 0 fully saturated rings. The maximum absolute atomic E-state index is 12.4. The maximum Gasteiger partial charge on any atom is 0.305 e. The average Bonchev–Trinajstić information content (AvgIpc) is 3.31. The summed E-state index contributed by atoms with van der Waals surface area (Å²) in [6.45, 7) is 4.96. The second-order valence-electron chi connectivity index (χ2n) is 20.7. The van der Waals surface area contributed by atoms with Crippen LogP contribution in [0.3, 0.4) is 0 Å². The van der Waals surface area contributed by atoms with Gasteiger partial charge in [-0.2, -0.15) is 0 Å². The molecule has 0 spiro atoms. The van der Waals surface area contributed by atoms with Crippen molar-refractivity contribution in [1.29, 1.82) is 0 Å². The topological polar surface area (TPSA) is 95.9 Å². The third-order valence-corrected chi connectivity index (χ3v) is 14.2. The Morgan fingerprint density at radius 1 is 0.369 bits per heavy atom. The molecule has 0 aliphatic heterocycles. The molecule has 0 aromatic rings. The first-order chi connectivity index (χ1) is 32.0. The first-order valence-electron chi connectivity index (χ1n) is 29.8. The van der Waals surface area contributed by atoms with E-state index in [9.17, 15) is 19.8 Å². The number of aliphatic hydroxyl groups excluding tert-OH is 2. The zero-order valence-electron chi connectivity index (χ0n) is 44.3. The van der Waals surface area contributed by atoms with Gasteiger partial charge in [-0.1, -0.05) is 303 Å². The lowest BCUT2D eigenvalue weighted by atomic mass is 10.0. The molecular weight excluding hydrogens is 803 g/mol. The van der Waals surface area contributed by atoms with Crippen molar-refractivity contribution in [2.75, 3.05) is 13.2 Å². The van der Waals surface area contributed by atoms with Crippen LogP contribution in [0.15, 0.2) is 0 Å². The van der Waals surface area contributed by atoms with Gasteiger partial charge in [0, 0.05) is 12.8 Å². The standard InChI is InChI=1S/C59H117NO5/c1-3-5-7-9-11-13-15-16-17-27-30-33-37-41-45-49-53-59(64)65-54-50-46-42-38-34-31-28-25-23-21-19-18-20-22-24-26-29-32-36-40-44-48-52-58(63)60-56(55-61)57(62)51-47-43-39-35-14-12-10-8-6-4-2/h56-57,61-62H,3-55H2,1-2H3,(H,60,63). The highest BCUT2D eigenvalue weighted by molar-refractivity contribution is 5.76. The molecular formula is C59H117NO5. The molecule has 6 heteroatoms. The minimum absolute atomic E-state index is 0.0174. The zero-order valence-corrected chi connectivity index (χ0v) is 44.3. The highest BCUT2D eigenvalue weighted by Gasteiger charge is 2.20. The van der Waals surface area contributed by atoms with Crippen LogP contribution in [0.5, 0.6) is 0 Å². The molecule has 0 saturated heterocycles. The first kappa shape index (κ1) is 63.9. The first-order valence-corrected chi connectivity index (χ1v) is 29.8. The Hall–Kier alpha value is -1.14. The normalized spacial score (nSPS) is 12.5. The van der Waals surface area contributed by atoms with Gasteiger partial charge in [0.25, 0.3) is 0 Å². The molecule has 0 radical (unpaired) electrons. The predicted octanol–water partition coefficient (Wildman–Crippen LogP) is 18.3. The lowest BCUT2D eigenvalue weighted by Crippen LogP contribution is -2.45. The van der Waals surface area contributed by atoms with E-state index in [4.69, 9.17) is 4.74 Å². The van der Waals surface area contributed by atoms with Crippen LogP contribution < -0.4 is 5.32 Å². The van der Waals surface area contributed by atoms with E-state index in [0.29, 0.717) is 25.9 Å². The van der Waals surface area contributed by atoms with Crippen LogP contribution in [0.4, 0.5) is 0 Å². The van der Waals surface area contributed by atoms with E-state index in [1.54, 1.807) is 0 Å². The number of nitrogens with one attached hydrogen (secondary N) is 1. The quantitative estimate of drug-likeness (QED) is 0.0417. The van der Waals surface area contributed by atoms with Gasteiger partial charge < -0.3 is 20.3 Å². The second-order valence-corrected chi connectivity index (χ2v) is 20.7. The summed E-state index contributed by atoms with van der Waals surface area (Å²) < 4.78 is 5.49. The SMILES string of the molecule is CCCCCCCCCCCCCCCCCCC(=O)OCCCCCCCCCCCCCCCCCCCCCCCCC(=O)NC(CO)C(O)CCCCCCCCCCCC. The lowest BCUT2D eigenvalue weighted by Gasteiger charge is -2.22. The molecule has 0 saturated carbocycles. The number of amides is 1. The van der Waals surface area contributed by atoms with Crippen molar-refractivity contribution < 1.29 is 24.5 Å². The van der Waals surface area contributed by atoms with Crippen LogP contribution in [0.2, 0.25) is 0 Å². The molecule has 1 amide bonds. The van der Waals surface area contributed by atoms with Gasteiger partial charge in [0.2, 0.25) is 5.91 Å². The molecule has 0 aliphatic rings. The van der Waals surface area contributed by atoms with Crippen molar-refractivity contribution in [3.63, 3.8) is 0 Å². The maximum atomic E-state index is 12.4. The Bertz CT molecular complexity index is 928. The molecule has 0 rings (SSSR count). The highest BCUT2D eigenvalue weighted by atomic mass is 16.5. The van der Waals surface area contributed by atoms with Crippen molar-refractivity contribution in [2.45, 2.75) is 353 Å². The largest absolute Gasteiger partial charge is 0.466 e. The molecule has 6 nitrogen and oxygen atoms in total. The van der Waals surface area contributed by atoms with Gasteiger partial charge >= 0.3 is 5.97 Å². The molecule has 0 heterocycles. The summed E-state index contributed by atoms with van der Waals surface area (Å²) >= 11 is 0. The summed E-state index contributed by atoms with van der Waals surface area (Å²) in [7, 11) is 0. The van der Waals surface area contributed by atoms with E-state index in [1.807, 2.05) is 0 Å². The van der Waals surface area contributed by atoms with E-state index in [0.717, 1.165) is 38.5 Å². The van der Waals surface area contributed by atoms with Crippen LogP contribution in [-0.4, -0.2) is 47.4 Å². The summed E-state index contributed by atoms with van der Waals surface area (Å²) in [5.74, 6) is -0.0175. The number of carbonyl (C=O) groups excluding carboxylic acids is 2. The third-order valence-electron chi connectivity index (χ3n) is 14.2. The molecule has 65 heavy (non-hydrogen) atoms. The number of ether oxygens (including phenoxy) is 1. The summed E-state index contributed by atoms with van der Waals surface area (Å²) in [6.07, 6.45) is 64.0. The Morgan fingerprint density at radius 3 is 0.938 bits per heavy atom. The van der Waals surface area contributed by atoms with Gasteiger partial charge in [0.1, 0.15) is 0 Å². The smallest absolute Gasteiger partial charge is 0.305 e. The van der Waals surface area contributed by atoms with E-state index >= 15 is 0 Å². The van der Waals surface area contributed by atoms with Gasteiger partial charge in [0.05, 0.1) is 25.4 Å². The fourth-order valence-corrected chi connectivity index (χ4v) is 9.58. The Kier molecular flexibility index (Phi) is 54.5. The van der Waals surface area contributed by atoms with Crippen LogP contribution in [0, 0.1) is 0 Å². The Balaban J connectivity index is 3.32. The van der Waals surface area contributed by atoms with Crippen molar-refractivity contribution in [2.24, 2.45) is 0 Å². The fraction of sp³-hybridized carbons (Fsp3) is 0.966. The van der Waals surface area contributed by atoms with Crippen LogP contribution >= 0.6 is 0 Å². The second kappa shape index (κ2) is 55.5. The van der Waals surface area contributed by atoms with Crippen LogP contribution in [0.1, 0.15) is 341 Å².